The molecule has 2 fully saturated rings. The van der Waals surface area contributed by atoms with Crippen molar-refractivity contribution in [2.24, 2.45) is 11.7 Å². The topological polar surface area (TPSA) is 75.9 Å². The Morgan fingerprint density at radius 2 is 1.54 bits per heavy atom. The van der Waals surface area contributed by atoms with Crippen LogP contribution in [0.15, 0.2) is 24.3 Å². The van der Waals surface area contributed by atoms with Gasteiger partial charge in [-0.2, -0.15) is 13.2 Å². The molecular formula is C19H24F3N3O3. The molecule has 1 atom stereocenters. The van der Waals surface area contributed by atoms with Crippen LogP contribution in [-0.4, -0.2) is 67.0 Å². The molecule has 0 radical (unpaired) electrons. The Kier molecular flexibility index (Phi) is 6.24. The number of benzene rings is 1. The van der Waals surface area contributed by atoms with E-state index < -0.39 is 17.8 Å². The first-order valence-electron chi connectivity index (χ1n) is 9.36. The summed E-state index contributed by atoms with van der Waals surface area (Å²) in [5.41, 5.74) is 5.55. The van der Waals surface area contributed by atoms with E-state index in [0.29, 0.717) is 39.4 Å². The first-order chi connectivity index (χ1) is 13.3. The maximum atomic E-state index is 12.6. The Hall–Kier alpha value is -2.13. The van der Waals surface area contributed by atoms with Gasteiger partial charge in [0.1, 0.15) is 0 Å². The summed E-state index contributed by atoms with van der Waals surface area (Å²) in [5.74, 6) is -0.351. The lowest BCUT2D eigenvalue weighted by Crippen LogP contribution is -2.56. The third kappa shape index (κ3) is 4.64. The lowest BCUT2D eigenvalue weighted by Gasteiger charge is -2.37. The van der Waals surface area contributed by atoms with Gasteiger partial charge in [-0.1, -0.05) is 0 Å². The zero-order valence-corrected chi connectivity index (χ0v) is 15.5. The van der Waals surface area contributed by atoms with Crippen LogP contribution in [0.3, 0.4) is 0 Å². The standard InChI is InChI=1S/C19H24F3N3O3/c20-19(21,22)15-3-1-14(2-4-15)17(26)24-7-9-25(10-8-24)18(27)16(23)13-5-11-28-12-6-13/h1-4,13,16H,5-12,23H2. The highest BCUT2D eigenvalue weighted by molar-refractivity contribution is 5.94. The quantitative estimate of drug-likeness (QED) is 0.840. The van der Waals surface area contributed by atoms with E-state index in [1.807, 2.05) is 0 Å². The molecule has 2 saturated heterocycles. The van der Waals surface area contributed by atoms with Crippen molar-refractivity contribution in [3.05, 3.63) is 35.4 Å². The molecule has 28 heavy (non-hydrogen) atoms. The molecule has 154 valence electrons. The molecule has 6 nitrogen and oxygen atoms in total. The number of rotatable bonds is 3. The number of ether oxygens (including phenoxy) is 1. The fraction of sp³-hybridized carbons (Fsp3) is 0.579. The smallest absolute Gasteiger partial charge is 0.381 e. The van der Waals surface area contributed by atoms with Crippen LogP contribution in [0.1, 0.15) is 28.8 Å². The molecule has 0 bridgehead atoms. The Morgan fingerprint density at radius 1 is 1.00 bits per heavy atom. The molecule has 3 rings (SSSR count). The molecule has 2 amide bonds. The van der Waals surface area contributed by atoms with Crippen LogP contribution < -0.4 is 5.73 Å². The van der Waals surface area contributed by atoms with E-state index in [1.54, 1.807) is 9.80 Å². The highest BCUT2D eigenvalue weighted by atomic mass is 19.4. The summed E-state index contributed by atoms with van der Waals surface area (Å²) in [6, 6.07) is 3.61. The summed E-state index contributed by atoms with van der Waals surface area (Å²) in [7, 11) is 0. The number of alkyl halides is 3. The van der Waals surface area contributed by atoms with E-state index in [0.717, 1.165) is 25.0 Å². The summed E-state index contributed by atoms with van der Waals surface area (Å²) in [5, 5.41) is 0. The Bertz CT molecular complexity index is 695. The van der Waals surface area contributed by atoms with E-state index in [2.05, 4.69) is 0 Å². The van der Waals surface area contributed by atoms with E-state index in [9.17, 15) is 22.8 Å². The summed E-state index contributed by atoms with van der Waals surface area (Å²) < 4.78 is 43.2. The number of piperazine rings is 1. The van der Waals surface area contributed by atoms with E-state index in [4.69, 9.17) is 10.5 Å². The predicted octanol–water partition coefficient (Wildman–Crippen LogP) is 1.74. The number of hydrogen-bond acceptors (Lipinski definition) is 4. The predicted molar refractivity (Wildman–Crippen MR) is 95.4 cm³/mol. The Labute approximate surface area is 161 Å². The number of carbonyl (C=O) groups excluding carboxylic acids is 2. The number of amides is 2. The van der Waals surface area contributed by atoms with Gasteiger partial charge >= 0.3 is 6.18 Å². The molecule has 1 aromatic carbocycles. The second-order valence-electron chi connectivity index (χ2n) is 7.17. The van der Waals surface area contributed by atoms with Crippen molar-refractivity contribution in [1.29, 1.82) is 0 Å². The highest BCUT2D eigenvalue weighted by Gasteiger charge is 2.33. The monoisotopic (exact) mass is 399 g/mol. The van der Waals surface area contributed by atoms with Crippen molar-refractivity contribution >= 4 is 11.8 Å². The average Bonchev–Trinajstić information content (AvgIpc) is 2.72. The number of nitrogens with two attached hydrogens (primary N) is 1. The van der Waals surface area contributed by atoms with Gasteiger partial charge in [0.05, 0.1) is 11.6 Å². The summed E-state index contributed by atoms with van der Waals surface area (Å²) in [6.07, 6.45) is -2.91. The molecule has 0 spiro atoms. The second-order valence-corrected chi connectivity index (χ2v) is 7.17. The normalized spacial score (nSPS) is 20.1. The van der Waals surface area contributed by atoms with Gasteiger partial charge in [0, 0.05) is 45.0 Å². The van der Waals surface area contributed by atoms with Crippen LogP contribution in [0.2, 0.25) is 0 Å². The maximum Gasteiger partial charge on any atom is 0.416 e. The van der Waals surface area contributed by atoms with Crippen molar-refractivity contribution in [2.75, 3.05) is 39.4 Å². The fourth-order valence-corrected chi connectivity index (χ4v) is 3.60. The Morgan fingerprint density at radius 3 is 2.07 bits per heavy atom. The zero-order chi connectivity index (χ0) is 20.3. The van der Waals surface area contributed by atoms with Crippen molar-refractivity contribution in [3.8, 4) is 0 Å². The second kappa shape index (κ2) is 8.48. The van der Waals surface area contributed by atoms with E-state index >= 15 is 0 Å². The lowest BCUT2D eigenvalue weighted by atomic mass is 9.91. The maximum absolute atomic E-state index is 12.6. The molecular weight excluding hydrogens is 375 g/mol. The first-order valence-corrected chi connectivity index (χ1v) is 9.36. The minimum absolute atomic E-state index is 0.105. The third-order valence-corrected chi connectivity index (χ3v) is 5.40. The number of carbonyl (C=O) groups is 2. The molecule has 2 N–H and O–H groups in total. The van der Waals surface area contributed by atoms with Crippen molar-refractivity contribution in [2.45, 2.75) is 25.1 Å². The average molecular weight is 399 g/mol. The van der Waals surface area contributed by atoms with Gasteiger partial charge in [-0.3, -0.25) is 9.59 Å². The molecule has 2 heterocycles. The fourth-order valence-electron chi connectivity index (χ4n) is 3.60. The lowest BCUT2D eigenvalue weighted by molar-refractivity contribution is -0.137. The largest absolute Gasteiger partial charge is 0.416 e. The van der Waals surface area contributed by atoms with Crippen LogP contribution in [0.5, 0.6) is 0 Å². The van der Waals surface area contributed by atoms with Crippen LogP contribution >= 0.6 is 0 Å². The van der Waals surface area contributed by atoms with E-state index in [1.165, 1.54) is 12.1 Å². The molecule has 9 heteroatoms. The molecule has 0 aromatic heterocycles. The Balaban J connectivity index is 1.54. The van der Waals surface area contributed by atoms with Crippen molar-refractivity contribution in [1.82, 2.24) is 9.80 Å². The summed E-state index contributed by atoms with van der Waals surface area (Å²) in [6.45, 7) is 2.60. The summed E-state index contributed by atoms with van der Waals surface area (Å²) in [4.78, 5) is 28.4. The molecule has 2 aliphatic rings. The van der Waals surface area contributed by atoms with Crippen LogP contribution in [-0.2, 0) is 15.7 Å². The van der Waals surface area contributed by atoms with Gasteiger partial charge < -0.3 is 20.3 Å². The number of halogens is 3. The number of nitrogens with zero attached hydrogens (tertiary/aromatic N) is 2. The summed E-state index contributed by atoms with van der Waals surface area (Å²) >= 11 is 0. The van der Waals surface area contributed by atoms with Crippen LogP contribution in [0.4, 0.5) is 13.2 Å². The van der Waals surface area contributed by atoms with Gasteiger partial charge in [-0.15, -0.1) is 0 Å². The molecule has 1 unspecified atom stereocenters. The van der Waals surface area contributed by atoms with Gasteiger partial charge in [0.2, 0.25) is 5.91 Å². The zero-order valence-electron chi connectivity index (χ0n) is 15.5. The number of hydrogen-bond donors (Lipinski definition) is 1. The van der Waals surface area contributed by atoms with Gasteiger partial charge in [0.25, 0.3) is 5.91 Å². The van der Waals surface area contributed by atoms with Crippen molar-refractivity contribution < 1.29 is 27.5 Å². The van der Waals surface area contributed by atoms with E-state index in [-0.39, 0.29) is 23.3 Å². The molecule has 0 aliphatic carbocycles. The SMILES string of the molecule is NC(C(=O)N1CCN(C(=O)c2ccc(C(F)(F)F)cc2)CC1)C1CCOCC1. The van der Waals surface area contributed by atoms with Gasteiger partial charge in [-0.25, -0.2) is 0 Å². The molecule has 0 saturated carbocycles. The minimum atomic E-state index is -4.43. The highest BCUT2D eigenvalue weighted by Crippen LogP contribution is 2.29. The molecule has 1 aromatic rings. The van der Waals surface area contributed by atoms with Crippen LogP contribution in [0, 0.1) is 5.92 Å². The first kappa shape index (κ1) is 20.6. The third-order valence-electron chi connectivity index (χ3n) is 5.40. The van der Waals surface area contributed by atoms with Gasteiger partial charge in [0.15, 0.2) is 0 Å². The van der Waals surface area contributed by atoms with Crippen LogP contribution in [0.25, 0.3) is 0 Å². The van der Waals surface area contributed by atoms with Gasteiger partial charge in [-0.05, 0) is 43.0 Å². The minimum Gasteiger partial charge on any atom is -0.381 e. The molecule has 2 aliphatic heterocycles. The van der Waals surface area contributed by atoms with Crippen molar-refractivity contribution in [3.63, 3.8) is 0 Å².